The van der Waals surface area contributed by atoms with Gasteiger partial charge in [-0.05, 0) is 29.7 Å². The van der Waals surface area contributed by atoms with Crippen molar-refractivity contribution in [3.8, 4) is 0 Å². The molecule has 1 aliphatic heterocycles. The number of ether oxygens (including phenoxy) is 1. The van der Waals surface area contributed by atoms with E-state index >= 15 is 0 Å². The van der Waals surface area contributed by atoms with Crippen molar-refractivity contribution in [1.29, 1.82) is 0 Å². The number of aliphatic hydroxyl groups excluding tert-OH is 2. The summed E-state index contributed by atoms with van der Waals surface area (Å²) in [6.45, 7) is 0.348. The van der Waals surface area contributed by atoms with Gasteiger partial charge < -0.3 is 30.1 Å². The van der Waals surface area contributed by atoms with Crippen LogP contribution >= 0.6 is 30.8 Å². The quantitative estimate of drug-likeness (QED) is 0.237. The van der Waals surface area contributed by atoms with E-state index in [1.165, 1.54) is 10.9 Å². The van der Waals surface area contributed by atoms with Crippen LogP contribution in [0.1, 0.15) is 18.2 Å². The average molecular weight is 504 g/mol. The standard InChI is InChI=1S/C18H20Cl2N5O6P/c19-10-4-2-1-3-9(10)7-21-15-12-16(24-18(20)23-15)25(8-22-12)17-14(27)13(26)11(31-17)5-6-32(28,29)30/h1-4,8,11,13-14,17,26-27H,5-7H2,(H,21,23,24)(H2,28,29,30). The molecule has 32 heavy (non-hydrogen) atoms. The second kappa shape index (κ2) is 9.20. The van der Waals surface area contributed by atoms with E-state index in [1.54, 1.807) is 6.07 Å². The summed E-state index contributed by atoms with van der Waals surface area (Å²) >= 11 is 12.3. The van der Waals surface area contributed by atoms with Crippen molar-refractivity contribution in [1.82, 2.24) is 19.5 Å². The number of aliphatic hydroxyl groups is 2. The van der Waals surface area contributed by atoms with Gasteiger partial charge in [-0.1, -0.05) is 29.8 Å². The molecular weight excluding hydrogens is 484 g/mol. The minimum Gasteiger partial charge on any atom is -0.388 e. The Hall–Kier alpha value is -1.82. The summed E-state index contributed by atoms with van der Waals surface area (Å²) in [5, 5.41) is 24.4. The van der Waals surface area contributed by atoms with Crippen molar-refractivity contribution in [2.45, 2.75) is 37.5 Å². The second-order valence-corrected chi connectivity index (χ2v) is 9.86. The Morgan fingerprint density at radius 3 is 2.62 bits per heavy atom. The molecule has 0 amide bonds. The van der Waals surface area contributed by atoms with Crippen LogP contribution in [0.4, 0.5) is 5.82 Å². The zero-order valence-corrected chi connectivity index (χ0v) is 18.8. The maximum Gasteiger partial charge on any atom is 0.325 e. The number of hydrogen-bond acceptors (Lipinski definition) is 8. The molecule has 4 unspecified atom stereocenters. The number of nitrogens with one attached hydrogen (secondary N) is 1. The number of rotatable bonds is 7. The first kappa shape index (κ1) is 23.3. The van der Waals surface area contributed by atoms with Crippen LogP contribution in [0.5, 0.6) is 0 Å². The number of nitrogens with zero attached hydrogens (tertiary/aromatic N) is 4. The summed E-state index contributed by atoms with van der Waals surface area (Å²) in [4.78, 5) is 30.8. The third kappa shape index (κ3) is 4.90. The topological polar surface area (TPSA) is 163 Å². The Morgan fingerprint density at radius 1 is 1.16 bits per heavy atom. The van der Waals surface area contributed by atoms with Crippen molar-refractivity contribution in [2.75, 3.05) is 11.5 Å². The number of halogens is 2. The lowest BCUT2D eigenvalue weighted by molar-refractivity contribution is -0.0355. The van der Waals surface area contributed by atoms with Crippen molar-refractivity contribution >= 4 is 47.8 Å². The first-order valence-electron chi connectivity index (χ1n) is 9.57. The Morgan fingerprint density at radius 2 is 1.91 bits per heavy atom. The molecule has 4 atom stereocenters. The van der Waals surface area contributed by atoms with Gasteiger partial charge in [0.25, 0.3) is 0 Å². The van der Waals surface area contributed by atoms with Gasteiger partial charge in [0, 0.05) is 11.6 Å². The van der Waals surface area contributed by atoms with Crippen molar-refractivity contribution < 1.29 is 29.3 Å². The molecule has 3 heterocycles. The zero-order valence-electron chi connectivity index (χ0n) is 16.4. The summed E-state index contributed by atoms with van der Waals surface area (Å²) in [5.41, 5.74) is 1.44. The summed E-state index contributed by atoms with van der Waals surface area (Å²) in [6.07, 6.45) is -4.03. The fourth-order valence-electron chi connectivity index (χ4n) is 3.51. The SMILES string of the molecule is O=P(O)(O)CCC1OC(n2cnc3c(NCc4ccccc4Cl)nc(Cl)nc32)C(O)C1O. The molecule has 11 nitrogen and oxygen atoms in total. The van der Waals surface area contributed by atoms with Crippen LogP contribution < -0.4 is 5.32 Å². The monoisotopic (exact) mass is 503 g/mol. The first-order chi connectivity index (χ1) is 15.1. The number of hydrogen-bond donors (Lipinski definition) is 5. The predicted octanol–water partition coefficient (Wildman–Crippen LogP) is 1.93. The molecule has 0 bridgehead atoms. The van der Waals surface area contributed by atoms with Crippen LogP contribution in [0, 0.1) is 0 Å². The molecule has 3 aromatic rings. The van der Waals surface area contributed by atoms with Gasteiger partial charge in [-0.2, -0.15) is 9.97 Å². The second-order valence-electron chi connectivity index (χ2n) is 7.33. The number of anilines is 1. The van der Waals surface area contributed by atoms with Gasteiger partial charge in [0.15, 0.2) is 23.2 Å². The molecule has 2 aromatic heterocycles. The summed E-state index contributed by atoms with van der Waals surface area (Å²) < 4.78 is 18.2. The highest BCUT2D eigenvalue weighted by Crippen LogP contribution is 2.39. The van der Waals surface area contributed by atoms with Gasteiger partial charge in [0.1, 0.15) is 12.2 Å². The molecule has 4 rings (SSSR count). The molecule has 172 valence electrons. The minimum absolute atomic E-state index is 0.0769. The van der Waals surface area contributed by atoms with Crippen LogP contribution in [0.3, 0.4) is 0 Å². The van der Waals surface area contributed by atoms with E-state index in [-0.39, 0.29) is 17.4 Å². The highest BCUT2D eigenvalue weighted by molar-refractivity contribution is 7.51. The molecule has 1 aromatic carbocycles. The fraction of sp³-hybridized carbons (Fsp3) is 0.389. The van der Waals surface area contributed by atoms with Gasteiger partial charge in [0.2, 0.25) is 5.28 Å². The van der Waals surface area contributed by atoms with Crippen LogP contribution in [-0.2, 0) is 15.8 Å². The maximum absolute atomic E-state index is 11.2. The normalized spacial score (nSPS) is 23.7. The summed E-state index contributed by atoms with van der Waals surface area (Å²) in [6, 6.07) is 7.30. The fourth-order valence-corrected chi connectivity index (χ4v) is 4.47. The zero-order chi connectivity index (χ0) is 23.0. The largest absolute Gasteiger partial charge is 0.388 e. The van der Waals surface area contributed by atoms with E-state index in [9.17, 15) is 14.8 Å². The molecule has 0 radical (unpaired) electrons. The van der Waals surface area contributed by atoms with Gasteiger partial charge in [-0.3, -0.25) is 9.13 Å². The van der Waals surface area contributed by atoms with Gasteiger partial charge >= 0.3 is 7.60 Å². The number of imidazole rings is 1. The van der Waals surface area contributed by atoms with Crippen LogP contribution in [0.15, 0.2) is 30.6 Å². The summed E-state index contributed by atoms with van der Waals surface area (Å²) in [5.74, 6) is 0.338. The molecule has 1 saturated heterocycles. The Labute approximate surface area is 192 Å². The third-order valence-corrected chi connectivity index (χ3v) is 6.49. The number of benzene rings is 1. The Kier molecular flexibility index (Phi) is 6.71. The average Bonchev–Trinajstić information content (AvgIpc) is 3.26. The molecule has 1 fully saturated rings. The number of aromatic nitrogens is 4. The third-order valence-electron chi connectivity index (χ3n) is 5.11. The molecule has 0 spiro atoms. The van der Waals surface area contributed by atoms with Crippen molar-refractivity contribution in [3.05, 3.63) is 46.5 Å². The van der Waals surface area contributed by atoms with Gasteiger partial charge in [-0.15, -0.1) is 0 Å². The van der Waals surface area contributed by atoms with E-state index in [4.69, 9.17) is 37.7 Å². The lowest BCUT2D eigenvalue weighted by atomic mass is 10.1. The summed E-state index contributed by atoms with van der Waals surface area (Å²) in [7, 11) is -4.28. The smallest absolute Gasteiger partial charge is 0.325 e. The molecule has 0 saturated carbocycles. The molecular formula is C18H20Cl2N5O6P. The van der Waals surface area contributed by atoms with Crippen molar-refractivity contribution in [2.24, 2.45) is 0 Å². The molecule has 0 aliphatic carbocycles. The molecule has 5 N–H and O–H groups in total. The van der Waals surface area contributed by atoms with Gasteiger partial charge in [0.05, 0.1) is 18.6 Å². The Bertz CT molecular complexity index is 1170. The van der Waals surface area contributed by atoms with E-state index in [0.717, 1.165) is 5.56 Å². The maximum atomic E-state index is 11.2. The van der Waals surface area contributed by atoms with E-state index < -0.39 is 38.3 Å². The lowest BCUT2D eigenvalue weighted by Gasteiger charge is -2.17. The van der Waals surface area contributed by atoms with Crippen molar-refractivity contribution in [3.63, 3.8) is 0 Å². The minimum atomic E-state index is -4.28. The van der Waals surface area contributed by atoms with Gasteiger partial charge in [-0.25, -0.2) is 4.98 Å². The lowest BCUT2D eigenvalue weighted by Crippen LogP contribution is -2.31. The molecule has 14 heteroatoms. The van der Waals surface area contributed by atoms with E-state index in [0.29, 0.717) is 22.9 Å². The van der Waals surface area contributed by atoms with Crippen LogP contribution in [0.2, 0.25) is 10.3 Å². The highest BCUT2D eigenvalue weighted by atomic mass is 35.5. The highest BCUT2D eigenvalue weighted by Gasteiger charge is 2.44. The molecule has 1 aliphatic rings. The predicted molar refractivity (Wildman–Crippen MR) is 117 cm³/mol. The van der Waals surface area contributed by atoms with E-state index in [1.807, 2.05) is 18.2 Å². The van der Waals surface area contributed by atoms with Crippen LogP contribution in [-0.4, -0.2) is 64.0 Å². The van der Waals surface area contributed by atoms with Crippen LogP contribution in [0.25, 0.3) is 11.2 Å². The Balaban J connectivity index is 1.59. The van der Waals surface area contributed by atoms with E-state index in [2.05, 4.69) is 20.3 Å². The number of fused-ring (bicyclic) bond motifs is 1. The first-order valence-corrected chi connectivity index (χ1v) is 12.1.